The van der Waals surface area contributed by atoms with Crippen molar-refractivity contribution < 1.29 is 4.79 Å². The minimum atomic E-state index is -0.288. The topological polar surface area (TPSA) is 29.1 Å². The molecule has 0 fully saturated rings. The lowest BCUT2D eigenvalue weighted by atomic mass is 9.94. The molecule has 0 bridgehead atoms. The zero-order chi connectivity index (χ0) is 10.6. The summed E-state index contributed by atoms with van der Waals surface area (Å²) in [7, 11) is 0. The van der Waals surface area contributed by atoms with Crippen molar-refractivity contribution in [2.45, 2.75) is 19.4 Å². The molecule has 1 aromatic carbocycles. The van der Waals surface area contributed by atoms with Gasteiger partial charge in [-0.1, -0.05) is 52.9 Å². The number of amides is 1. The van der Waals surface area contributed by atoms with Crippen molar-refractivity contribution in [2.75, 3.05) is 4.43 Å². The summed E-state index contributed by atoms with van der Waals surface area (Å²) in [6.07, 6.45) is 0. The molecule has 0 aliphatic heterocycles. The second-order valence-electron chi connectivity index (χ2n) is 3.67. The lowest BCUT2D eigenvalue weighted by molar-refractivity contribution is -0.119. The van der Waals surface area contributed by atoms with E-state index in [1.165, 1.54) is 0 Å². The van der Waals surface area contributed by atoms with Crippen LogP contribution < -0.4 is 5.32 Å². The number of carbonyl (C=O) groups is 1. The first-order chi connectivity index (χ1) is 6.56. The Morgan fingerprint density at radius 1 is 1.36 bits per heavy atom. The number of hydrogen-bond donors (Lipinski definition) is 1. The first-order valence-electron chi connectivity index (χ1n) is 4.49. The van der Waals surface area contributed by atoms with Gasteiger partial charge in [0.05, 0.1) is 9.97 Å². The van der Waals surface area contributed by atoms with E-state index in [0.717, 1.165) is 5.56 Å². The van der Waals surface area contributed by atoms with Crippen molar-refractivity contribution in [3.63, 3.8) is 0 Å². The maximum atomic E-state index is 11.3. The van der Waals surface area contributed by atoms with Crippen molar-refractivity contribution in [2.24, 2.45) is 0 Å². The third-order valence-electron chi connectivity index (χ3n) is 2.07. The molecule has 0 aliphatic rings. The van der Waals surface area contributed by atoms with Crippen LogP contribution >= 0.6 is 22.6 Å². The predicted molar refractivity (Wildman–Crippen MR) is 66.5 cm³/mol. The van der Waals surface area contributed by atoms with E-state index in [1.807, 2.05) is 44.2 Å². The van der Waals surface area contributed by atoms with E-state index in [0.29, 0.717) is 4.43 Å². The van der Waals surface area contributed by atoms with E-state index in [4.69, 9.17) is 0 Å². The predicted octanol–water partition coefficient (Wildman–Crippen LogP) is 2.47. The van der Waals surface area contributed by atoms with Gasteiger partial charge in [-0.05, 0) is 19.4 Å². The van der Waals surface area contributed by atoms with Gasteiger partial charge in [-0.25, -0.2) is 0 Å². The van der Waals surface area contributed by atoms with Gasteiger partial charge in [0.25, 0.3) is 0 Å². The van der Waals surface area contributed by atoms with Crippen LogP contribution in [0.2, 0.25) is 0 Å². The molecule has 1 aromatic rings. The summed E-state index contributed by atoms with van der Waals surface area (Å²) in [5.74, 6) is 0.0689. The first kappa shape index (κ1) is 11.5. The van der Waals surface area contributed by atoms with Gasteiger partial charge in [-0.2, -0.15) is 0 Å². The number of alkyl halides is 1. The smallest absolute Gasteiger partial charge is 0.230 e. The zero-order valence-electron chi connectivity index (χ0n) is 8.38. The minimum Gasteiger partial charge on any atom is -0.346 e. The number of carbonyl (C=O) groups excluding carboxylic acids is 1. The number of benzene rings is 1. The zero-order valence-corrected chi connectivity index (χ0v) is 10.5. The lowest BCUT2D eigenvalue weighted by Gasteiger charge is -2.26. The molecule has 1 rings (SSSR count). The number of hydrogen-bond acceptors (Lipinski definition) is 1. The normalized spacial score (nSPS) is 11.1. The van der Waals surface area contributed by atoms with Gasteiger partial charge in [0.1, 0.15) is 0 Å². The Labute approximate surface area is 98.2 Å². The van der Waals surface area contributed by atoms with E-state index >= 15 is 0 Å². The molecular weight excluding hydrogens is 289 g/mol. The number of rotatable bonds is 3. The molecular formula is C11H14INO. The molecule has 1 amide bonds. The Bertz CT molecular complexity index is 308. The quantitative estimate of drug-likeness (QED) is 0.674. The Morgan fingerprint density at radius 2 is 1.93 bits per heavy atom. The van der Waals surface area contributed by atoms with E-state index in [-0.39, 0.29) is 11.4 Å². The fraction of sp³-hybridized carbons (Fsp3) is 0.364. The van der Waals surface area contributed by atoms with E-state index in [1.54, 1.807) is 0 Å². The lowest BCUT2D eigenvalue weighted by Crippen LogP contribution is -2.41. The summed E-state index contributed by atoms with van der Waals surface area (Å²) in [6, 6.07) is 9.97. The molecule has 0 aromatic heterocycles. The first-order valence-corrected chi connectivity index (χ1v) is 6.01. The molecule has 0 spiro atoms. The summed E-state index contributed by atoms with van der Waals surface area (Å²) in [6.45, 7) is 4.01. The summed E-state index contributed by atoms with van der Waals surface area (Å²) >= 11 is 2.06. The van der Waals surface area contributed by atoms with Gasteiger partial charge < -0.3 is 5.32 Å². The van der Waals surface area contributed by atoms with Crippen LogP contribution in [0.25, 0.3) is 0 Å². The highest BCUT2D eigenvalue weighted by molar-refractivity contribution is 14.1. The average molecular weight is 303 g/mol. The third-order valence-corrected chi connectivity index (χ3v) is 2.76. The summed E-state index contributed by atoms with van der Waals surface area (Å²) in [5, 5.41) is 2.98. The minimum absolute atomic E-state index is 0.0689. The monoisotopic (exact) mass is 303 g/mol. The van der Waals surface area contributed by atoms with Crippen molar-refractivity contribution >= 4 is 28.5 Å². The van der Waals surface area contributed by atoms with Crippen LogP contribution in [0.4, 0.5) is 0 Å². The van der Waals surface area contributed by atoms with Crippen molar-refractivity contribution in [1.29, 1.82) is 0 Å². The van der Waals surface area contributed by atoms with Gasteiger partial charge in [0.15, 0.2) is 0 Å². The van der Waals surface area contributed by atoms with Gasteiger partial charge in [0, 0.05) is 0 Å². The van der Waals surface area contributed by atoms with Crippen LogP contribution in [0.5, 0.6) is 0 Å². The highest BCUT2D eigenvalue weighted by Gasteiger charge is 2.21. The average Bonchev–Trinajstić information content (AvgIpc) is 2.18. The van der Waals surface area contributed by atoms with Gasteiger partial charge in [-0.3, -0.25) is 4.79 Å². The molecule has 3 heteroatoms. The van der Waals surface area contributed by atoms with Crippen LogP contribution in [-0.4, -0.2) is 10.3 Å². The highest BCUT2D eigenvalue weighted by atomic mass is 127. The molecule has 2 nitrogen and oxygen atoms in total. The molecule has 0 aliphatic carbocycles. The van der Waals surface area contributed by atoms with Gasteiger partial charge in [0.2, 0.25) is 5.91 Å². The van der Waals surface area contributed by atoms with Crippen LogP contribution in [0.1, 0.15) is 19.4 Å². The Hall–Kier alpha value is -0.580. The van der Waals surface area contributed by atoms with E-state index in [2.05, 4.69) is 27.9 Å². The standard InChI is InChI=1S/C11H14INO/c1-11(2,13-10(14)8-12)9-6-4-3-5-7-9/h3-7H,8H2,1-2H3,(H,13,14). The van der Waals surface area contributed by atoms with Crippen LogP contribution in [0.15, 0.2) is 30.3 Å². The number of halogens is 1. The molecule has 14 heavy (non-hydrogen) atoms. The van der Waals surface area contributed by atoms with Gasteiger partial charge in [-0.15, -0.1) is 0 Å². The van der Waals surface area contributed by atoms with E-state index < -0.39 is 0 Å². The molecule has 1 N–H and O–H groups in total. The maximum Gasteiger partial charge on any atom is 0.230 e. The van der Waals surface area contributed by atoms with Crippen molar-refractivity contribution in [1.82, 2.24) is 5.32 Å². The summed E-state index contributed by atoms with van der Waals surface area (Å²) in [5.41, 5.74) is 0.835. The largest absolute Gasteiger partial charge is 0.346 e. The Kier molecular flexibility index (Phi) is 3.92. The molecule has 0 unspecified atom stereocenters. The second-order valence-corrected chi connectivity index (χ2v) is 4.44. The third kappa shape index (κ3) is 2.97. The van der Waals surface area contributed by atoms with Crippen LogP contribution in [0, 0.1) is 0 Å². The van der Waals surface area contributed by atoms with Crippen LogP contribution in [0.3, 0.4) is 0 Å². The molecule has 0 saturated carbocycles. The molecule has 0 saturated heterocycles. The highest BCUT2D eigenvalue weighted by Crippen LogP contribution is 2.19. The Morgan fingerprint density at radius 3 is 2.43 bits per heavy atom. The summed E-state index contributed by atoms with van der Waals surface area (Å²) in [4.78, 5) is 11.3. The van der Waals surface area contributed by atoms with Gasteiger partial charge >= 0.3 is 0 Å². The second kappa shape index (κ2) is 4.77. The molecule has 0 heterocycles. The number of nitrogens with one attached hydrogen (secondary N) is 1. The molecule has 0 radical (unpaired) electrons. The molecule has 76 valence electrons. The SMILES string of the molecule is CC(C)(NC(=O)CI)c1ccccc1. The summed E-state index contributed by atoms with van der Waals surface area (Å²) < 4.78 is 0.494. The van der Waals surface area contributed by atoms with Crippen molar-refractivity contribution in [3.05, 3.63) is 35.9 Å². The fourth-order valence-corrected chi connectivity index (χ4v) is 1.50. The maximum absolute atomic E-state index is 11.3. The molecule has 0 atom stereocenters. The van der Waals surface area contributed by atoms with E-state index in [9.17, 15) is 4.79 Å². The fourth-order valence-electron chi connectivity index (χ4n) is 1.31. The van der Waals surface area contributed by atoms with Crippen molar-refractivity contribution in [3.8, 4) is 0 Å². The van der Waals surface area contributed by atoms with Crippen LogP contribution in [-0.2, 0) is 10.3 Å². The Balaban J connectivity index is 2.80.